The van der Waals surface area contributed by atoms with Crippen molar-refractivity contribution in [2.75, 3.05) is 6.61 Å². The monoisotopic (exact) mass is 643 g/mol. The zero-order chi connectivity index (χ0) is 33.0. The highest BCUT2D eigenvalue weighted by Gasteiger charge is 2.45. The highest BCUT2D eigenvalue weighted by atomic mass is 16.7. The van der Waals surface area contributed by atoms with Crippen molar-refractivity contribution in [2.24, 2.45) is 5.92 Å². The van der Waals surface area contributed by atoms with Crippen LogP contribution in [-0.2, 0) is 14.3 Å². The molecule has 1 fully saturated rings. The molecule has 0 aromatic heterocycles. The largest absolute Gasteiger partial charge is 0.433 e. The average molecular weight is 643 g/mol. The Balaban J connectivity index is 2.29. The van der Waals surface area contributed by atoms with E-state index in [1.54, 1.807) is 0 Å². The molecule has 0 spiro atoms. The van der Waals surface area contributed by atoms with Crippen molar-refractivity contribution in [1.29, 1.82) is 0 Å². The molecule has 1 rings (SSSR count). The average Bonchev–Trinajstić information content (AvgIpc) is 3.04. The Morgan fingerprint density at radius 1 is 0.556 bits per heavy atom. The normalized spacial score (nSPS) is 22.5. The van der Waals surface area contributed by atoms with Crippen LogP contribution in [0, 0.1) is 5.92 Å². The molecule has 7 heteroatoms. The van der Waals surface area contributed by atoms with E-state index in [0.29, 0.717) is 12.3 Å². The molecule has 7 nitrogen and oxygen atoms in total. The van der Waals surface area contributed by atoms with E-state index in [9.17, 15) is 25.2 Å². The molecule has 0 amide bonds. The van der Waals surface area contributed by atoms with E-state index >= 15 is 0 Å². The van der Waals surface area contributed by atoms with Crippen molar-refractivity contribution in [2.45, 2.75) is 224 Å². The van der Waals surface area contributed by atoms with Gasteiger partial charge in [0.2, 0.25) is 6.29 Å². The number of hydrogen-bond acceptors (Lipinski definition) is 7. The summed E-state index contributed by atoms with van der Waals surface area (Å²) in [5.41, 5.74) is 0. The van der Waals surface area contributed by atoms with Crippen LogP contribution in [0.1, 0.15) is 194 Å². The van der Waals surface area contributed by atoms with E-state index < -0.39 is 43.3 Å². The molecule has 1 aliphatic heterocycles. The minimum Gasteiger partial charge on any atom is -0.433 e. The van der Waals surface area contributed by atoms with Crippen LogP contribution in [-0.4, -0.2) is 63.7 Å². The first kappa shape index (κ1) is 42.3. The Kier molecular flexibility index (Phi) is 27.6. The first-order valence-electron chi connectivity index (χ1n) is 19.4. The van der Waals surface area contributed by atoms with Gasteiger partial charge in [0.15, 0.2) is 0 Å². The maximum atomic E-state index is 12.4. The van der Waals surface area contributed by atoms with E-state index in [2.05, 4.69) is 13.8 Å². The molecular formula is C38H74O7. The van der Waals surface area contributed by atoms with Gasteiger partial charge in [-0.3, -0.25) is 4.79 Å². The molecule has 1 saturated heterocycles. The highest BCUT2D eigenvalue weighted by Crippen LogP contribution is 2.26. The van der Waals surface area contributed by atoms with Crippen LogP contribution in [0.5, 0.6) is 0 Å². The minimum atomic E-state index is -1.55. The first-order chi connectivity index (χ1) is 21.9. The molecule has 4 N–H and O–H groups in total. The molecule has 2 unspecified atom stereocenters. The van der Waals surface area contributed by atoms with Crippen LogP contribution in [0.15, 0.2) is 0 Å². The Labute approximate surface area is 277 Å². The molecule has 0 aliphatic carbocycles. The fourth-order valence-corrected chi connectivity index (χ4v) is 6.68. The third kappa shape index (κ3) is 21.7. The number of rotatable bonds is 31. The van der Waals surface area contributed by atoms with Crippen LogP contribution < -0.4 is 0 Å². The minimum absolute atomic E-state index is 0.221. The lowest BCUT2D eigenvalue weighted by Gasteiger charge is -2.39. The van der Waals surface area contributed by atoms with E-state index in [4.69, 9.17) is 9.47 Å². The van der Waals surface area contributed by atoms with Crippen molar-refractivity contribution in [3.8, 4) is 0 Å². The van der Waals surface area contributed by atoms with Crippen molar-refractivity contribution < 1.29 is 34.7 Å². The van der Waals surface area contributed by atoms with Crippen molar-refractivity contribution >= 4 is 5.97 Å². The zero-order valence-corrected chi connectivity index (χ0v) is 29.5. The van der Waals surface area contributed by atoms with Gasteiger partial charge in [-0.2, -0.15) is 0 Å². The molecule has 0 aromatic carbocycles. The lowest BCUT2D eigenvalue weighted by atomic mass is 9.89. The zero-order valence-electron chi connectivity index (χ0n) is 29.5. The predicted molar refractivity (Wildman–Crippen MR) is 184 cm³/mol. The second kappa shape index (κ2) is 29.4. The Bertz CT molecular complexity index is 658. The van der Waals surface area contributed by atoms with Gasteiger partial charge in [0.25, 0.3) is 0 Å². The van der Waals surface area contributed by atoms with Gasteiger partial charge in [0, 0.05) is 6.42 Å². The van der Waals surface area contributed by atoms with Crippen LogP contribution >= 0.6 is 0 Å². The molecule has 0 saturated carbocycles. The quantitative estimate of drug-likeness (QED) is 0.0441. The second-order valence-electron chi connectivity index (χ2n) is 13.9. The number of unbranched alkanes of at least 4 members (excludes halogenated alkanes) is 21. The van der Waals surface area contributed by atoms with Crippen molar-refractivity contribution in [3.05, 3.63) is 0 Å². The third-order valence-corrected chi connectivity index (χ3v) is 9.77. The van der Waals surface area contributed by atoms with Crippen LogP contribution in [0.3, 0.4) is 0 Å². The smallest absolute Gasteiger partial charge is 0.308 e. The lowest BCUT2D eigenvalue weighted by Crippen LogP contribution is -2.59. The van der Waals surface area contributed by atoms with E-state index in [1.807, 2.05) is 0 Å². The molecule has 0 radical (unpaired) electrons. The SMILES string of the molecule is CCCCCCCCCCCCCCC(CCCCCCCCCCCC)CCCCC(=O)OC1O[C@H](CO)[C@@H](O)[C@H](O)[C@H]1O. The molecule has 1 aliphatic rings. The van der Waals surface area contributed by atoms with Crippen molar-refractivity contribution in [3.63, 3.8) is 0 Å². The molecule has 268 valence electrons. The summed E-state index contributed by atoms with van der Waals surface area (Å²) >= 11 is 0. The number of aliphatic hydroxyl groups excluding tert-OH is 4. The molecule has 6 atom stereocenters. The predicted octanol–water partition coefficient (Wildman–Crippen LogP) is 8.91. The van der Waals surface area contributed by atoms with Crippen LogP contribution in [0.2, 0.25) is 0 Å². The van der Waals surface area contributed by atoms with Crippen LogP contribution in [0.4, 0.5) is 0 Å². The van der Waals surface area contributed by atoms with Crippen molar-refractivity contribution in [1.82, 2.24) is 0 Å². The first-order valence-corrected chi connectivity index (χ1v) is 19.4. The van der Waals surface area contributed by atoms with Gasteiger partial charge in [-0.15, -0.1) is 0 Å². The number of esters is 1. The summed E-state index contributed by atoms with van der Waals surface area (Å²) in [6.45, 7) is 4.00. The molecule has 0 aromatic rings. The fourth-order valence-electron chi connectivity index (χ4n) is 6.68. The Morgan fingerprint density at radius 2 is 0.933 bits per heavy atom. The van der Waals surface area contributed by atoms with Gasteiger partial charge < -0.3 is 29.9 Å². The van der Waals surface area contributed by atoms with E-state index in [0.717, 1.165) is 12.8 Å². The standard InChI is InChI=1S/C38H74O7/c1-3-5-7-9-11-13-15-16-18-20-22-24-28-32(27-23-21-19-17-14-12-10-8-6-4-2)29-25-26-30-34(40)45-38-37(43)36(42)35(41)33(31-39)44-38/h32-33,35-39,41-43H,3-31H2,1-2H3/t32?,33-,35-,36+,37-,38?/m1/s1. The van der Waals surface area contributed by atoms with Gasteiger partial charge in [-0.25, -0.2) is 0 Å². The summed E-state index contributed by atoms with van der Waals surface area (Å²) in [7, 11) is 0. The van der Waals surface area contributed by atoms with Crippen LogP contribution in [0.25, 0.3) is 0 Å². The molecular weight excluding hydrogens is 568 g/mol. The fraction of sp³-hybridized carbons (Fsp3) is 0.974. The van der Waals surface area contributed by atoms with Gasteiger partial charge in [-0.1, -0.05) is 181 Å². The van der Waals surface area contributed by atoms with Gasteiger partial charge >= 0.3 is 5.97 Å². The lowest BCUT2D eigenvalue weighted by molar-refractivity contribution is -0.292. The van der Waals surface area contributed by atoms with Gasteiger partial charge in [0.1, 0.15) is 24.4 Å². The summed E-state index contributed by atoms with van der Waals surface area (Å²) in [4.78, 5) is 12.4. The number of carbonyl (C=O) groups is 1. The van der Waals surface area contributed by atoms with Gasteiger partial charge in [0.05, 0.1) is 6.61 Å². The summed E-state index contributed by atoms with van der Waals surface area (Å²) in [6.07, 6.45) is 28.6. The number of carbonyl (C=O) groups excluding carboxylic acids is 1. The second-order valence-corrected chi connectivity index (χ2v) is 13.9. The maximum absolute atomic E-state index is 12.4. The number of ether oxygens (including phenoxy) is 2. The Morgan fingerprint density at radius 3 is 1.33 bits per heavy atom. The Hall–Kier alpha value is -0.730. The summed E-state index contributed by atoms with van der Waals surface area (Å²) in [6, 6.07) is 0. The van der Waals surface area contributed by atoms with E-state index in [-0.39, 0.29) is 6.42 Å². The molecule has 0 bridgehead atoms. The number of aliphatic hydroxyl groups is 4. The number of hydrogen-bond donors (Lipinski definition) is 4. The summed E-state index contributed by atoms with van der Waals surface area (Å²) in [5, 5.41) is 39.3. The summed E-state index contributed by atoms with van der Waals surface area (Å²) < 4.78 is 10.6. The molecule has 1 heterocycles. The van der Waals surface area contributed by atoms with E-state index in [1.165, 1.54) is 154 Å². The third-order valence-electron chi connectivity index (χ3n) is 9.77. The molecule has 45 heavy (non-hydrogen) atoms. The topological polar surface area (TPSA) is 116 Å². The maximum Gasteiger partial charge on any atom is 0.308 e. The van der Waals surface area contributed by atoms with Gasteiger partial charge in [-0.05, 0) is 12.3 Å². The highest BCUT2D eigenvalue weighted by molar-refractivity contribution is 5.69. The summed E-state index contributed by atoms with van der Waals surface area (Å²) in [5.74, 6) is 0.218.